The van der Waals surface area contributed by atoms with Crippen molar-refractivity contribution in [2.75, 3.05) is 4.72 Å². The van der Waals surface area contributed by atoms with Gasteiger partial charge in [0.05, 0.1) is 6.61 Å². The molecule has 8 nitrogen and oxygen atoms in total. The average molecular weight is 360 g/mol. The Morgan fingerprint density at radius 2 is 1.80 bits per heavy atom. The molecule has 0 saturated heterocycles. The Bertz CT molecular complexity index is 978. The summed E-state index contributed by atoms with van der Waals surface area (Å²) in [5.41, 5.74) is 2.05. The van der Waals surface area contributed by atoms with Crippen molar-refractivity contribution in [2.24, 2.45) is 0 Å². The maximum atomic E-state index is 12.7. The zero-order valence-electron chi connectivity index (χ0n) is 13.6. The number of nitrogens with one attached hydrogen (secondary N) is 1. The average Bonchev–Trinajstić information content (AvgIpc) is 2.94. The highest BCUT2D eigenvalue weighted by molar-refractivity contribution is 7.92. The molecule has 0 aliphatic rings. The van der Waals surface area contributed by atoms with Gasteiger partial charge in [-0.2, -0.15) is 0 Å². The van der Waals surface area contributed by atoms with Gasteiger partial charge >= 0.3 is 0 Å². The van der Waals surface area contributed by atoms with Gasteiger partial charge in [0.2, 0.25) is 0 Å². The van der Waals surface area contributed by atoms with Crippen molar-refractivity contribution in [1.82, 2.24) is 15.1 Å². The van der Waals surface area contributed by atoms with Crippen LogP contribution in [0.1, 0.15) is 17.0 Å². The molecule has 0 aliphatic heterocycles. The summed E-state index contributed by atoms with van der Waals surface area (Å²) in [5, 5.41) is 12.8. The lowest BCUT2D eigenvalue weighted by atomic mass is 10.1. The molecule has 130 valence electrons. The highest BCUT2D eigenvalue weighted by Crippen LogP contribution is 2.27. The predicted octanol–water partition coefficient (Wildman–Crippen LogP) is 2.04. The molecule has 0 fully saturated rings. The van der Waals surface area contributed by atoms with E-state index in [0.29, 0.717) is 11.3 Å². The van der Waals surface area contributed by atoms with Crippen LogP contribution in [-0.4, -0.2) is 28.6 Å². The molecule has 0 radical (unpaired) electrons. The quantitative estimate of drug-likeness (QED) is 0.714. The fraction of sp³-hybridized carbons (Fsp3) is 0.188. The maximum absolute atomic E-state index is 12.7. The monoisotopic (exact) mass is 360 g/mol. The van der Waals surface area contributed by atoms with Crippen molar-refractivity contribution < 1.29 is 18.0 Å². The minimum absolute atomic E-state index is 0.0141. The zero-order valence-corrected chi connectivity index (χ0v) is 14.4. The number of aryl methyl sites for hydroxylation is 2. The Morgan fingerprint density at radius 1 is 1.12 bits per heavy atom. The number of sulfonamides is 1. The molecular formula is C16H16N4O4S. The third-order valence-corrected chi connectivity index (χ3v) is 5.16. The molecule has 2 aromatic heterocycles. The molecule has 3 aromatic rings. The Hall–Kier alpha value is -2.78. The summed E-state index contributed by atoms with van der Waals surface area (Å²) < 4.78 is 32.7. The van der Waals surface area contributed by atoms with Gasteiger partial charge in [0.15, 0.2) is 16.5 Å². The molecular weight excluding hydrogens is 344 g/mol. The highest BCUT2D eigenvalue weighted by Gasteiger charge is 2.26. The van der Waals surface area contributed by atoms with E-state index >= 15 is 0 Å². The summed E-state index contributed by atoms with van der Waals surface area (Å²) in [6, 6.07) is 6.94. The minimum Gasteiger partial charge on any atom is -0.392 e. The summed E-state index contributed by atoms with van der Waals surface area (Å²) in [5.74, 6) is 0.294. The van der Waals surface area contributed by atoms with Crippen LogP contribution >= 0.6 is 0 Å². The predicted molar refractivity (Wildman–Crippen MR) is 90.2 cm³/mol. The van der Waals surface area contributed by atoms with Gasteiger partial charge < -0.3 is 9.63 Å². The number of nitrogens with zero attached hydrogens (tertiary/aromatic N) is 3. The second-order valence-electron chi connectivity index (χ2n) is 5.37. The van der Waals surface area contributed by atoms with Crippen molar-refractivity contribution in [2.45, 2.75) is 25.3 Å². The number of aromatic nitrogens is 3. The first-order valence-electron chi connectivity index (χ1n) is 7.39. The molecule has 0 unspecified atom stereocenters. The van der Waals surface area contributed by atoms with E-state index in [1.165, 1.54) is 19.3 Å². The van der Waals surface area contributed by atoms with Gasteiger partial charge in [0, 0.05) is 18.0 Å². The van der Waals surface area contributed by atoms with Crippen LogP contribution in [-0.2, 0) is 16.6 Å². The minimum atomic E-state index is -3.92. The Kier molecular flexibility index (Phi) is 4.51. The van der Waals surface area contributed by atoms with Crippen LogP contribution in [0.4, 0.5) is 5.82 Å². The van der Waals surface area contributed by atoms with Gasteiger partial charge in [0.25, 0.3) is 10.0 Å². The van der Waals surface area contributed by atoms with E-state index in [-0.39, 0.29) is 28.8 Å². The normalized spacial score (nSPS) is 11.5. The number of aliphatic hydroxyl groups is 1. The van der Waals surface area contributed by atoms with E-state index < -0.39 is 10.0 Å². The second-order valence-corrected chi connectivity index (χ2v) is 6.99. The first-order valence-corrected chi connectivity index (χ1v) is 8.87. The number of hydrogen-bond donors (Lipinski definition) is 2. The van der Waals surface area contributed by atoms with Crippen LogP contribution in [0.15, 0.2) is 46.1 Å². The van der Waals surface area contributed by atoms with Crippen molar-refractivity contribution in [3.05, 3.63) is 53.7 Å². The summed E-state index contributed by atoms with van der Waals surface area (Å²) in [6.45, 7) is 3.00. The van der Waals surface area contributed by atoms with Crippen LogP contribution in [0.25, 0.3) is 11.3 Å². The fourth-order valence-electron chi connectivity index (χ4n) is 2.43. The van der Waals surface area contributed by atoms with Crippen molar-refractivity contribution in [3.8, 4) is 11.3 Å². The molecule has 0 amide bonds. The molecule has 0 aliphatic carbocycles. The van der Waals surface area contributed by atoms with Gasteiger partial charge in [-0.05, 0) is 19.4 Å². The molecule has 3 rings (SSSR count). The third-order valence-electron chi connectivity index (χ3n) is 3.58. The Morgan fingerprint density at radius 3 is 2.40 bits per heavy atom. The molecule has 1 aromatic carbocycles. The second kappa shape index (κ2) is 6.61. The number of aliphatic hydroxyl groups excluding tert-OH is 1. The molecule has 25 heavy (non-hydrogen) atoms. The lowest BCUT2D eigenvalue weighted by molar-refractivity contribution is 0.282. The first kappa shape index (κ1) is 17.1. The van der Waals surface area contributed by atoms with E-state index in [1.54, 1.807) is 31.2 Å². The van der Waals surface area contributed by atoms with E-state index in [4.69, 9.17) is 9.63 Å². The van der Waals surface area contributed by atoms with Crippen LogP contribution in [0.3, 0.4) is 0 Å². The third kappa shape index (κ3) is 3.37. The largest absolute Gasteiger partial charge is 0.392 e. The van der Waals surface area contributed by atoms with E-state index in [1.807, 2.05) is 0 Å². The lowest BCUT2D eigenvalue weighted by Crippen LogP contribution is -2.16. The van der Waals surface area contributed by atoms with Crippen molar-refractivity contribution in [1.29, 1.82) is 0 Å². The molecule has 2 N–H and O–H groups in total. The SMILES string of the molecule is Cc1noc(C)c1S(=O)(=O)Nc1nccnc1-c1ccc(CO)cc1. The van der Waals surface area contributed by atoms with Gasteiger partial charge in [-0.15, -0.1) is 0 Å². The molecule has 0 saturated carbocycles. The first-order chi connectivity index (χ1) is 11.9. The molecule has 2 heterocycles. The number of benzene rings is 1. The smallest absolute Gasteiger partial charge is 0.268 e. The van der Waals surface area contributed by atoms with Crippen LogP contribution in [0, 0.1) is 13.8 Å². The summed E-state index contributed by atoms with van der Waals surface area (Å²) in [7, 11) is -3.92. The molecule has 9 heteroatoms. The number of anilines is 1. The summed E-state index contributed by atoms with van der Waals surface area (Å²) >= 11 is 0. The van der Waals surface area contributed by atoms with Crippen LogP contribution in [0.2, 0.25) is 0 Å². The lowest BCUT2D eigenvalue weighted by Gasteiger charge is -2.11. The van der Waals surface area contributed by atoms with Gasteiger partial charge in [-0.1, -0.05) is 29.4 Å². The molecule has 0 atom stereocenters. The van der Waals surface area contributed by atoms with E-state index in [9.17, 15) is 8.42 Å². The molecule has 0 bridgehead atoms. The van der Waals surface area contributed by atoms with Crippen molar-refractivity contribution >= 4 is 15.8 Å². The Labute approximate surface area is 144 Å². The Balaban J connectivity index is 2.01. The standard InChI is InChI=1S/C16H16N4O4S/c1-10-15(11(2)24-19-10)25(22,23)20-16-14(17-7-8-18-16)13-5-3-12(9-21)4-6-13/h3-8,21H,9H2,1-2H3,(H,18,20). The van der Waals surface area contributed by atoms with Crippen LogP contribution < -0.4 is 4.72 Å². The topological polar surface area (TPSA) is 118 Å². The van der Waals surface area contributed by atoms with Gasteiger partial charge in [-0.3, -0.25) is 9.71 Å². The maximum Gasteiger partial charge on any atom is 0.268 e. The van der Waals surface area contributed by atoms with E-state index in [0.717, 1.165) is 5.56 Å². The van der Waals surface area contributed by atoms with E-state index in [2.05, 4.69) is 19.8 Å². The fourth-order valence-corrected chi connectivity index (χ4v) is 3.78. The van der Waals surface area contributed by atoms with Crippen molar-refractivity contribution in [3.63, 3.8) is 0 Å². The zero-order chi connectivity index (χ0) is 18.0. The summed E-state index contributed by atoms with van der Waals surface area (Å²) in [4.78, 5) is 8.31. The van der Waals surface area contributed by atoms with Gasteiger partial charge in [-0.25, -0.2) is 13.4 Å². The van der Waals surface area contributed by atoms with Crippen LogP contribution in [0.5, 0.6) is 0 Å². The number of hydrogen-bond acceptors (Lipinski definition) is 7. The highest BCUT2D eigenvalue weighted by atomic mass is 32.2. The molecule has 0 spiro atoms. The van der Waals surface area contributed by atoms with Gasteiger partial charge in [0.1, 0.15) is 11.4 Å². The summed E-state index contributed by atoms with van der Waals surface area (Å²) in [6.07, 6.45) is 2.87. The number of rotatable bonds is 5.